The van der Waals surface area contributed by atoms with Gasteiger partial charge in [0.1, 0.15) is 5.75 Å². The van der Waals surface area contributed by atoms with Crippen molar-refractivity contribution in [2.45, 2.75) is 25.3 Å². The number of aryl methyl sites for hydroxylation is 1. The van der Waals surface area contributed by atoms with Crippen LogP contribution in [0.1, 0.15) is 35.1 Å². The molecule has 2 nitrogen and oxygen atoms in total. The predicted molar refractivity (Wildman–Crippen MR) is 108 cm³/mol. The predicted octanol–water partition coefficient (Wildman–Crippen LogP) is 6.33. The van der Waals surface area contributed by atoms with E-state index in [1.165, 1.54) is 11.1 Å². The lowest BCUT2D eigenvalue weighted by atomic mass is 9.75. The molecule has 3 unspecified atom stereocenters. The maximum atomic E-state index is 10.8. The summed E-state index contributed by atoms with van der Waals surface area (Å²) in [6.45, 7) is 2.11. The van der Waals surface area contributed by atoms with Gasteiger partial charge in [0.05, 0.1) is 6.04 Å². The molecule has 1 heterocycles. The third-order valence-electron chi connectivity index (χ3n) is 5.93. The summed E-state index contributed by atoms with van der Waals surface area (Å²) in [5, 5.41) is 17.6. The summed E-state index contributed by atoms with van der Waals surface area (Å²) >= 11 is 6.58. The highest BCUT2D eigenvalue weighted by Crippen LogP contribution is 2.54. The summed E-state index contributed by atoms with van der Waals surface area (Å²) in [7, 11) is 0. The van der Waals surface area contributed by atoms with Gasteiger partial charge in [-0.15, -0.1) is 0 Å². The summed E-state index contributed by atoms with van der Waals surface area (Å²) in [5.41, 5.74) is 4.49. The minimum atomic E-state index is 0.0470. The van der Waals surface area contributed by atoms with Gasteiger partial charge in [-0.25, -0.2) is 0 Å². The van der Waals surface area contributed by atoms with Crippen LogP contribution in [0.25, 0.3) is 10.8 Å². The minimum absolute atomic E-state index is 0.0470. The summed E-state index contributed by atoms with van der Waals surface area (Å²) in [6.07, 6.45) is 5.51. The van der Waals surface area contributed by atoms with Crippen molar-refractivity contribution >= 4 is 28.1 Å². The molecule has 1 aliphatic carbocycles. The highest BCUT2D eigenvalue weighted by molar-refractivity contribution is 6.32. The first-order valence-electron chi connectivity index (χ1n) is 9.08. The molecule has 2 aliphatic rings. The van der Waals surface area contributed by atoms with Crippen LogP contribution in [0.5, 0.6) is 5.75 Å². The monoisotopic (exact) mass is 361 g/mol. The lowest BCUT2D eigenvalue weighted by Crippen LogP contribution is -2.30. The summed E-state index contributed by atoms with van der Waals surface area (Å²) < 4.78 is 0. The molecule has 1 aliphatic heterocycles. The summed E-state index contributed by atoms with van der Waals surface area (Å²) in [5.74, 6) is 0.982. The van der Waals surface area contributed by atoms with Gasteiger partial charge in [-0.1, -0.05) is 60.2 Å². The van der Waals surface area contributed by atoms with Gasteiger partial charge in [-0.3, -0.25) is 0 Å². The van der Waals surface area contributed by atoms with Crippen LogP contribution < -0.4 is 5.32 Å². The van der Waals surface area contributed by atoms with Crippen LogP contribution in [-0.2, 0) is 0 Å². The van der Waals surface area contributed by atoms with Crippen molar-refractivity contribution in [1.82, 2.24) is 0 Å². The second-order valence-corrected chi connectivity index (χ2v) is 7.76. The van der Waals surface area contributed by atoms with Gasteiger partial charge in [0.2, 0.25) is 0 Å². The van der Waals surface area contributed by atoms with Gasteiger partial charge >= 0.3 is 0 Å². The zero-order chi connectivity index (χ0) is 17.8. The van der Waals surface area contributed by atoms with Crippen LogP contribution in [0.2, 0.25) is 5.02 Å². The Bertz CT molecular complexity index is 1060. The fourth-order valence-corrected chi connectivity index (χ4v) is 4.99. The number of aromatic hydroxyl groups is 1. The van der Waals surface area contributed by atoms with E-state index >= 15 is 0 Å². The van der Waals surface area contributed by atoms with Crippen molar-refractivity contribution in [3.8, 4) is 5.75 Å². The van der Waals surface area contributed by atoms with E-state index in [0.717, 1.165) is 33.5 Å². The molecule has 0 amide bonds. The number of phenols is 1. The van der Waals surface area contributed by atoms with E-state index < -0.39 is 0 Å². The molecule has 3 aromatic rings. The van der Waals surface area contributed by atoms with E-state index in [2.05, 4.69) is 42.6 Å². The number of rotatable bonds is 1. The van der Waals surface area contributed by atoms with Gasteiger partial charge in [0.25, 0.3) is 0 Å². The van der Waals surface area contributed by atoms with Crippen molar-refractivity contribution < 1.29 is 5.11 Å². The van der Waals surface area contributed by atoms with Gasteiger partial charge in [0, 0.05) is 27.8 Å². The highest BCUT2D eigenvalue weighted by Gasteiger charge is 2.41. The number of allylic oxidation sites excluding steroid dienone is 2. The van der Waals surface area contributed by atoms with Crippen molar-refractivity contribution in [2.75, 3.05) is 5.32 Å². The van der Waals surface area contributed by atoms with Crippen molar-refractivity contribution in [3.63, 3.8) is 0 Å². The number of hydrogen-bond acceptors (Lipinski definition) is 2. The van der Waals surface area contributed by atoms with E-state index in [0.29, 0.717) is 11.7 Å². The van der Waals surface area contributed by atoms with Crippen LogP contribution in [0.15, 0.2) is 60.7 Å². The number of nitrogens with one attached hydrogen (secondary N) is 1. The van der Waals surface area contributed by atoms with Gasteiger partial charge in [-0.05, 0) is 47.7 Å². The molecule has 3 heteroatoms. The quantitative estimate of drug-likeness (QED) is 0.496. The minimum Gasteiger partial charge on any atom is -0.508 e. The van der Waals surface area contributed by atoms with Gasteiger partial charge < -0.3 is 10.4 Å². The van der Waals surface area contributed by atoms with Crippen molar-refractivity contribution in [2.24, 2.45) is 5.92 Å². The first-order valence-corrected chi connectivity index (χ1v) is 9.46. The number of hydrogen-bond donors (Lipinski definition) is 2. The third kappa shape index (κ3) is 2.18. The van der Waals surface area contributed by atoms with E-state index in [9.17, 15) is 5.11 Å². The molecule has 0 saturated carbocycles. The Morgan fingerprint density at radius 1 is 1.04 bits per heavy atom. The topological polar surface area (TPSA) is 32.3 Å². The van der Waals surface area contributed by atoms with Crippen LogP contribution in [0.4, 0.5) is 5.69 Å². The summed E-state index contributed by atoms with van der Waals surface area (Å²) in [4.78, 5) is 0. The molecule has 3 atom stereocenters. The Morgan fingerprint density at radius 2 is 1.88 bits per heavy atom. The molecule has 0 spiro atoms. The number of halogens is 1. The molecule has 3 aromatic carbocycles. The lowest BCUT2D eigenvalue weighted by molar-refractivity contribution is 0.404. The zero-order valence-electron chi connectivity index (χ0n) is 14.5. The number of anilines is 1. The Morgan fingerprint density at radius 3 is 2.77 bits per heavy atom. The second-order valence-electron chi connectivity index (χ2n) is 7.35. The first kappa shape index (κ1) is 15.8. The maximum Gasteiger partial charge on any atom is 0.121 e. The number of phenolic OH excluding ortho intramolecular Hbond substituents is 1. The van der Waals surface area contributed by atoms with E-state index in [1.54, 1.807) is 0 Å². The third-order valence-corrected chi connectivity index (χ3v) is 6.26. The van der Waals surface area contributed by atoms with Crippen LogP contribution in [-0.4, -0.2) is 5.11 Å². The second kappa shape index (κ2) is 5.78. The molecular weight excluding hydrogens is 342 g/mol. The average molecular weight is 362 g/mol. The largest absolute Gasteiger partial charge is 0.508 e. The lowest BCUT2D eigenvalue weighted by Gasteiger charge is -2.39. The van der Waals surface area contributed by atoms with Crippen molar-refractivity contribution in [3.05, 3.63) is 82.4 Å². The summed E-state index contributed by atoms with van der Waals surface area (Å²) in [6, 6.07) is 16.2. The van der Waals surface area contributed by atoms with Crippen LogP contribution in [0.3, 0.4) is 0 Å². The van der Waals surface area contributed by atoms with Gasteiger partial charge in [0.15, 0.2) is 0 Å². The first-order chi connectivity index (χ1) is 12.6. The average Bonchev–Trinajstić information content (AvgIpc) is 3.14. The Balaban J connectivity index is 1.75. The van der Waals surface area contributed by atoms with E-state index in [-0.39, 0.29) is 12.0 Å². The molecule has 130 valence electrons. The highest BCUT2D eigenvalue weighted by atomic mass is 35.5. The molecule has 0 fully saturated rings. The standard InChI is InChI=1S/C23H20ClNO/c1-13-9-11-18(24)20-16-7-4-8-17(16)23(25-22(13)20)21-15-6-3-2-5-14(15)10-12-19(21)26/h2-7,9-12,16-17,23,25-26H,8H2,1H3. The number of benzene rings is 3. The Hall–Kier alpha value is -2.45. The SMILES string of the molecule is Cc1ccc(Cl)c2c1NC(c1c(O)ccc3ccccc13)C1CC=CC21. The Kier molecular flexibility index (Phi) is 3.51. The fraction of sp³-hybridized carbons (Fsp3) is 0.217. The van der Waals surface area contributed by atoms with E-state index in [1.807, 2.05) is 30.3 Å². The van der Waals surface area contributed by atoms with Crippen LogP contribution in [0, 0.1) is 12.8 Å². The van der Waals surface area contributed by atoms with Crippen LogP contribution >= 0.6 is 11.6 Å². The zero-order valence-corrected chi connectivity index (χ0v) is 15.3. The molecule has 2 N–H and O–H groups in total. The van der Waals surface area contributed by atoms with E-state index in [4.69, 9.17) is 11.6 Å². The molecule has 5 rings (SSSR count). The molecule has 0 radical (unpaired) electrons. The maximum absolute atomic E-state index is 10.8. The molecule has 0 saturated heterocycles. The molecular formula is C23H20ClNO. The smallest absolute Gasteiger partial charge is 0.121 e. The molecule has 0 bridgehead atoms. The normalized spacial score (nSPS) is 23.5. The van der Waals surface area contributed by atoms with Crippen molar-refractivity contribution in [1.29, 1.82) is 0 Å². The van der Waals surface area contributed by atoms with Gasteiger partial charge in [-0.2, -0.15) is 0 Å². The molecule has 26 heavy (non-hydrogen) atoms. The Labute approximate surface area is 158 Å². The molecule has 0 aromatic heterocycles. The fourth-order valence-electron chi connectivity index (χ4n) is 4.71. The number of fused-ring (bicyclic) bond motifs is 4.